The Hall–Kier alpha value is -2.82. The SMILES string of the molecule is CCc1ccc(OCC(=O)OCC(=O)Nc2cccc(C)c2)cc1. The fraction of sp³-hybridized carbons (Fsp3) is 0.263. The molecule has 2 aromatic carbocycles. The molecule has 0 aliphatic heterocycles. The van der Waals surface area contributed by atoms with Gasteiger partial charge in [0.25, 0.3) is 5.91 Å². The zero-order chi connectivity index (χ0) is 17.4. The van der Waals surface area contributed by atoms with Gasteiger partial charge in [-0.3, -0.25) is 4.79 Å². The van der Waals surface area contributed by atoms with Crippen LogP contribution >= 0.6 is 0 Å². The van der Waals surface area contributed by atoms with Gasteiger partial charge in [0.05, 0.1) is 0 Å². The molecule has 0 fully saturated rings. The van der Waals surface area contributed by atoms with Gasteiger partial charge in [-0.05, 0) is 48.7 Å². The summed E-state index contributed by atoms with van der Waals surface area (Å²) < 4.78 is 10.2. The van der Waals surface area contributed by atoms with Gasteiger partial charge in [-0.15, -0.1) is 0 Å². The second kappa shape index (κ2) is 8.72. The van der Waals surface area contributed by atoms with Gasteiger partial charge in [0.2, 0.25) is 0 Å². The van der Waals surface area contributed by atoms with Gasteiger partial charge >= 0.3 is 5.97 Å². The predicted octanol–water partition coefficient (Wildman–Crippen LogP) is 3.12. The number of nitrogens with one attached hydrogen (secondary N) is 1. The van der Waals surface area contributed by atoms with Crippen molar-refractivity contribution in [1.82, 2.24) is 0 Å². The molecule has 2 aromatic rings. The van der Waals surface area contributed by atoms with Crippen molar-refractivity contribution in [1.29, 1.82) is 0 Å². The number of anilines is 1. The normalized spacial score (nSPS) is 10.1. The third-order valence-corrected chi connectivity index (χ3v) is 3.35. The number of hydrogen-bond donors (Lipinski definition) is 1. The number of carbonyl (C=O) groups is 2. The molecule has 1 N–H and O–H groups in total. The highest BCUT2D eigenvalue weighted by Gasteiger charge is 2.09. The first-order chi connectivity index (χ1) is 11.6. The van der Waals surface area contributed by atoms with E-state index < -0.39 is 5.97 Å². The minimum absolute atomic E-state index is 0.233. The molecule has 0 atom stereocenters. The van der Waals surface area contributed by atoms with E-state index in [-0.39, 0.29) is 19.1 Å². The smallest absolute Gasteiger partial charge is 0.344 e. The van der Waals surface area contributed by atoms with Crippen LogP contribution in [0.4, 0.5) is 5.69 Å². The van der Waals surface area contributed by atoms with Crippen LogP contribution in [-0.4, -0.2) is 25.1 Å². The number of amides is 1. The van der Waals surface area contributed by atoms with Gasteiger partial charge in [-0.2, -0.15) is 0 Å². The summed E-state index contributed by atoms with van der Waals surface area (Å²) in [5, 5.41) is 2.67. The van der Waals surface area contributed by atoms with Gasteiger partial charge < -0.3 is 14.8 Å². The molecule has 0 aliphatic rings. The van der Waals surface area contributed by atoms with Crippen LogP contribution in [0.5, 0.6) is 5.75 Å². The fourth-order valence-corrected chi connectivity index (χ4v) is 2.07. The number of carbonyl (C=O) groups excluding carboxylic acids is 2. The molecule has 0 radical (unpaired) electrons. The van der Waals surface area contributed by atoms with Crippen LogP contribution in [-0.2, 0) is 20.7 Å². The lowest BCUT2D eigenvalue weighted by molar-refractivity contribution is -0.149. The zero-order valence-electron chi connectivity index (χ0n) is 13.9. The summed E-state index contributed by atoms with van der Waals surface area (Å²) in [4.78, 5) is 23.4. The second-order valence-corrected chi connectivity index (χ2v) is 5.36. The van der Waals surface area contributed by atoms with Crippen molar-refractivity contribution in [3.8, 4) is 5.75 Å². The van der Waals surface area contributed by atoms with Crippen molar-refractivity contribution in [2.24, 2.45) is 0 Å². The lowest BCUT2D eigenvalue weighted by Gasteiger charge is -2.08. The predicted molar refractivity (Wildman–Crippen MR) is 92.1 cm³/mol. The number of benzene rings is 2. The van der Waals surface area contributed by atoms with E-state index in [1.807, 2.05) is 37.3 Å². The van der Waals surface area contributed by atoms with Crippen molar-refractivity contribution in [2.45, 2.75) is 20.3 Å². The quantitative estimate of drug-likeness (QED) is 0.794. The van der Waals surface area contributed by atoms with Crippen LogP contribution in [0, 0.1) is 6.92 Å². The molecule has 5 heteroatoms. The number of ether oxygens (including phenoxy) is 2. The molecule has 1 amide bonds. The average Bonchev–Trinajstić information content (AvgIpc) is 2.58. The Balaban J connectivity index is 1.71. The highest BCUT2D eigenvalue weighted by Crippen LogP contribution is 2.12. The summed E-state index contributed by atoms with van der Waals surface area (Å²) in [7, 11) is 0. The maximum atomic E-state index is 11.7. The van der Waals surface area contributed by atoms with Crippen LogP contribution in [0.1, 0.15) is 18.1 Å². The van der Waals surface area contributed by atoms with Crippen LogP contribution in [0.2, 0.25) is 0 Å². The van der Waals surface area contributed by atoms with Crippen LogP contribution in [0.15, 0.2) is 48.5 Å². The zero-order valence-corrected chi connectivity index (χ0v) is 13.9. The standard InChI is InChI=1S/C19H21NO4/c1-3-15-7-9-17(10-8-15)23-13-19(22)24-12-18(21)20-16-6-4-5-14(2)11-16/h4-11H,3,12-13H2,1-2H3,(H,20,21). The van der Waals surface area contributed by atoms with Crippen LogP contribution in [0.3, 0.4) is 0 Å². The molecule has 0 aromatic heterocycles. The van der Waals surface area contributed by atoms with Crippen LogP contribution in [0.25, 0.3) is 0 Å². The molecular formula is C19H21NO4. The van der Waals surface area contributed by atoms with Crippen molar-refractivity contribution < 1.29 is 19.1 Å². The average molecular weight is 327 g/mol. The Kier molecular flexibility index (Phi) is 6.37. The molecule has 0 heterocycles. The first-order valence-electron chi connectivity index (χ1n) is 7.80. The monoisotopic (exact) mass is 327 g/mol. The minimum atomic E-state index is -0.589. The van der Waals surface area contributed by atoms with E-state index in [1.54, 1.807) is 18.2 Å². The third kappa shape index (κ3) is 5.76. The molecule has 5 nitrogen and oxygen atoms in total. The number of esters is 1. The highest BCUT2D eigenvalue weighted by atomic mass is 16.6. The molecule has 0 spiro atoms. The number of hydrogen-bond acceptors (Lipinski definition) is 4. The maximum absolute atomic E-state index is 11.7. The molecule has 0 aliphatic carbocycles. The maximum Gasteiger partial charge on any atom is 0.344 e. The number of rotatable bonds is 7. The van der Waals surface area contributed by atoms with Crippen molar-refractivity contribution in [2.75, 3.05) is 18.5 Å². The van der Waals surface area contributed by atoms with Gasteiger partial charge in [0, 0.05) is 5.69 Å². The van der Waals surface area contributed by atoms with E-state index in [0.29, 0.717) is 11.4 Å². The Morgan fingerprint density at radius 1 is 1.04 bits per heavy atom. The van der Waals surface area contributed by atoms with E-state index in [2.05, 4.69) is 12.2 Å². The molecule has 0 bridgehead atoms. The fourth-order valence-electron chi connectivity index (χ4n) is 2.07. The van der Waals surface area contributed by atoms with Crippen molar-refractivity contribution in [3.05, 3.63) is 59.7 Å². The molecule has 2 rings (SSSR count). The lowest BCUT2D eigenvalue weighted by Crippen LogP contribution is -2.23. The summed E-state index contributed by atoms with van der Waals surface area (Å²) in [6.07, 6.45) is 0.943. The summed E-state index contributed by atoms with van der Waals surface area (Å²) in [6, 6.07) is 14.9. The summed E-state index contributed by atoms with van der Waals surface area (Å²) >= 11 is 0. The summed E-state index contributed by atoms with van der Waals surface area (Å²) in [5.74, 6) is -0.386. The number of aryl methyl sites for hydroxylation is 2. The Morgan fingerprint density at radius 3 is 2.46 bits per heavy atom. The minimum Gasteiger partial charge on any atom is -0.482 e. The molecule has 0 saturated carbocycles. The van der Waals surface area contributed by atoms with Gasteiger partial charge in [0.1, 0.15) is 5.75 Å². The topological polar surface area (TPSA) is 64.6 Å². The molecule has 0 saturated heterocycles. The highest BCUT2D eigenvalue weighted by molar-refractivity contribution is 5.92. The molecule has 126 valence electrons. The third-order valence-electron chi connectivity index (χ3n) is 3.35. The Morgan fingerprint density at radius 2 is 1.79 bits per heavy atom. The first-order valence-corrected chi connectivity index (χ1v) is 7.80. The Labute approximate surface area is 141 Å². The van der Waals surface area contributed by atoms with E-state index >= 15 is 0 Å². The van der Waals surface area contributed by atoms with E-state index in [0.717, 1.165) is 12.0 Å². The first kappa shape index (κ1) is 17.5. The van der Waals surface area contributed by atoms with Gasteiger partial charge in [-0.25, -0.2) is 4.79 Å². The largest absolute Gasteiger partial charge is 0.482 e. The molecule has 24 heavy (non-hydrogen) atoms. The van der Waals surface area contributed by atoms with E-state index in [4.69, 9.17) is 9.47 Å². The molecule has 0 unspecified atom stereocenters. The Bertz CT molecular complexity index is 695. The molecular weight excluding hydrogens is 306 g/mol. The van der Waals surface area contributed by atoms with Crippen molar-refractivity contribution >= 4 is 17.6 Å². The van der Waals surface area contributed by atoms with Gasteiger partial charge in [-0.1, -0.05) is 31.2 Å². The van der Waals surface area contributed by atoms with E-state index in [9.17, 15) is 9.59 Å². The summed E-state index contributed by atoms with van der Waals surface area (Å²) in [5.41, 5.74) is 2.90. The second-order valence-electron chi connectivity index (χ2n) is 5.36. The summed E-state index contributed by atoms with van der Waals surface area (Å²) in [6.45, 7) is 3.42. The lowest BCUT2D eigenvalue weighted by atomic mass is 10.2. The van der Waals surface area contributed by atoms with Crippen LogP contribution < -0.4 is 10.1 Å². The van der Waals surface area contributed by atoms with Gasteiger partial charge in [0.15, 0.2) is 13.2 Å². The van der Waals surface area contributed by atoms with E-state index in [1.165, 1.54) is 5.56 Å². The van der Waals surface area contributed by atoms with Crippen molar-refractivity contribution in [3.63, 3.8) is 0 Å².